The smallest absolute Gasteiger partial charge is 0.176 e. The van der Waals surface area contributed by atoms with E-state index in [-0.39, 0.29) is 34.1 Å². The molecule has 0 unspecified atom stereocenters. The molecule has 12 heteroatoms. The van der Waals surface area contributed by atoms with E-state index < -0.39 is 0 Å². The van der Waals surface area contributed by atoms with E-state index in [9.17, 15) is 10.2 Å². The Kier molecular flexibility index (Phi) is 7.78. The minimum atomic E-state index is -0.180. The van der Waals surface area contributed by atoms with Gasteiger partial charge in [-0.3, -0.25) is 10.2 Å². The van der Waals surface area contributed by atoms with E-state index in [1.807, 2.05) is 48.5 Å². The fourth-order valence-corrected chi connectivity index (χ4v) is 4.69. The largest absolute Gasteiger partial charge is 0.504 e. The Morgan fingerprint density at radius 3 is 1.50 bits per heavy atom. The van der Waals surface area contributed by atoms with E-state index in [0.717, 1.165) is 21.5 Å². The van der Waals surface area contributed by atoms with Crippen LogP contribution in [0, 0.1) is 0 Å². The average Bonchev–Trinajstić information content (AvgIpc) is 3.06. The molecule has 0 fully saturated rings. The second-order valence-electron chi connectivity index (χ2n) is 9.54. The van der Waals surface area contributed by atoms with Gasteiger partial charge in [-0.2, -0.15) is 20.4 Å². The molecule has 0 bridgehead atoms. The zero-order valence-electron chi connectivity index (χ0n) is 23.6. The van der Waals surface area contributed by atoms with Crippen LogP contribution < -0.4 is 20.4 Å². The van der Waals surface area contributed by atoms with E-state index in [1.165, 1.54) is 26.6 Å². The minimum absolute atomic E-state index is 0.175. The van der Waals surface area contributed by atoms with Gasteiger partial charge in [-0.05, 0) is 35.4 Å². The molecule has 0 aliphatic carbocycles. The molecule has 4 N–H and O–H groups in total. The molecule has 0 radical (unpaired) electrons. The van der Waals surface area contributed by atoms with Crippen molar-refractivity contribution in [1.29, 1.82) is 0 Å². The Morgan fingerprint density at radius 2 is 1.07 bits per heavy atom. The number of aromatic nitrogens is 4. The summed E-state index contributed by atoms with van der Waals surface area (Å²) in [5, 5.41) is 56.7. The number of fused-ring (bicyclic) bond motifs is 2. The van der Waals surface area contributed by atoms with Crippen LogP contribution in [0.15, 0.2) is 106 Å². The number of nitrogens with one attached hydrogen (secondary N) is 2. The Bertz CT molecular complexity index is 2030. The fourth-order valence-electron chi connectivity index (χ4n) is 4.69. The summed E-state index contributed by atoms with van der Waals surface area (Å²) in [5.74, 6) is -0.0102. The normalized spacial score (nSPS) is 12.6. The van der Waals surface area contributed by atoms with Crippen molar-refractivity contribution in [2.75, 3.05) is 14.2 Å². The lowest BCUT2D eigenvalue weighted by atomic mass is 9.98. The lowest BCUT2D eigenvalue weighted by Gasteiger charge is -2.14. The van der Waals surface area contributed by atoms with Crippen LogP contribution in [0.2, 0.25) is 0 Å². The monoisotopic (exact) mass is 586 g/mol. The van der Waals surface area contributed by atoms with Crippen molar-refractivity contribution in [3.63, 3.8) is 0 Å². The van der Waals surface area contributed by atoms with Gasteiger partial charge in [-0.1, -0.05) is 48.5 Å². The van der Waals surface area contributed by atoms with Crippen LogP contribution in [0.3, 0.4) is 0 Å². The first-order chi connectivity index (χ1) is 21.6. The molecule has 0 atom stereocenters. The second kappa shape index (κ2) is 12.3. The number of phenolic OH excluding ortho intramolecular Hbond substituents is 2. The Morgan fingerprint density at radius 1 is 0.636 bits per heavy atom. The molecular formula is C32H26N8O4. The number of benzene rings is 4. The van der Waals surface area contributed by atoms with Gasteiger partial charge in [0, 0.05) is 32.7 Å². The third kappa shape index (κ3) is 5.59. The zero-order valence-corrected chi connectivity index (χ0v) is 23.6. The third-order valence-electron chi connectivity index (χ3n) is 6.83. The number of methoxy groups -OCH3 is 2. The summed E-state index contributed by atoms with van der Waals surface area (Å²) in [6, 6.07) is 21.9. The molecule has 218 valence electrons. The average molecular weight is 587 g/mol. The second-order valence-corrected chi connectivity index (χ2v) is 9.54. The molecule has 4 aromatic carbocycles. The molecule has 0 aliphatic heterocycles. The molecule has 0 amide bonds. The maximum absolute atomic E-state index is 11.1. The van der Waals surface area contributed by atoms with Gasteiger partial charge < -0.3 is 19.7 Å². The molecule has 6 aromatic rings. The van der Waals surface area contributed by atoms with Crippen LogP contribution in [0.5, 0.6) is 23.0 Å². The molecule has 2 heterocycles. The van der Waals surface area contributed by atoms with Gasteiger partial charge in [0.1, 0.15) is 0 Å². The number of hydrogen-bond acceptors (Lipinski definition) is 10. The molecule has 0 saturated carbocycles. The highest BCUT2D eigenvalue weighted by Gasteiger charge is 2.18. The lowest BCUT2D eigenvalue weighted by Crippen LogP contribution is -2.09. The van der Waals surface area contributed by atoms with E-state index in [4.69, 9.17) is 9.47 Å². The van der Waals surface area contributed by atoms with Crippen LogP contribution in [0.4, 0.5) is 0 Å². The van der Waals surface area contributed by atoms with Gasteiger partial charge in [0.25, 0.3) is 0 Å². The first-order valence-electron chi connectivity index (χ1n) is 13.4. The van der Waals surface area contributed by atoms with Gasteiger partial charge in [0.2, 0.25) is 0 Å². The van der Waals surface area contributed by atoms with Crippen molar-refractivity contribution in [3.8, 4) is 34.1 Å². The van der Waals surface area contributed by atoms with Crippen LogP contribution >= 0.6 is 0 Å². The van der Waals surface area contributed by atoms with E-state index >= 15 is 0 Å². The quantitative estimate of drug-likeness (QED) is 0.160. The third-order valence-corrected chi connectivity index (χ3v) is 6.83. The van der Waals surface area contributed by atoms with Crippen molar-refractivity contribution in [1.82, 2.24) is 20.4 Å². The standard InChI is InChI=1S/C32H26N8O4/c1-43-27-13-19(15-33-37-31-23-9-5-3-7-21(23)17-35-39-31)11-25(29(27)41)26-12-20(14-28(44-2)30(26)42)16-34-38-32-24-10-6-4-8-22(24)18-36-40-32/h3-18,41-42H,1-2H3,(H,37,39)(H,38,40)/b33-15+,34-16+. The van der Waals surface area contributed by atoms with Crippen LogP contribution in [0.1, 0.15) is 11.1 Å². The summed E-state index contributed by atoms with van der Waals surface area (Å²) in [6.45, 7) is 0. The Balaban J connectivity index is 1.40. The number of hydrogen-bond donors (Lipinski definition) is 4. The van der Waals surface area contributed by atoms with Crippen LogP contribution in [-0.4, -0.2) is 57.3 Å². The molecule has 0 saturated heterocycles. The summed E-state index contributed by atoms with van der Waals surface area (Å²) < 4.78 is 10.8. The Hall–Kier alpha value is -6.30. The zero-order chi connectivity index (χ0) is 30.5. The van der Waals surface area contributed by atoms with Crippen molar-refractivity contribution in [2.45, 2.75) is 0 Å². The van der Waals surface area contributed by atoms with Crippen molar-refractivity contribution >= 4 is 34.0 Å². The summed E-state index contributed by atoms with van der Waals surface area (Å²) >= 11 is 0. The highest BCUT2D eigenvalue weighted by molar-refractivity contribution is 5.91. The first kappa shape index (κ1) is 27.8. The highest BCUT2D eigenvalue weighted by Crippen LogP contribution is 2.45. The topological polar surface area (TPSA) is 166 Å². The number of rotatable bonds is 7. The van der Waals surface area contributed by atoms with Gasteiger partial charge in [0.15, 0.2) is 34.0 Å². The van der Waals surface area contributed by atoms with Gasteiger partial charge in [0.05, 0.1) is 39.0 Å². The van der Waals surface area contributed by atoms with Gasteiger partial charge in [-0.15, -0.1) is 10.2 Å². The molecule has 12 nitrogen and oxygen atoms in total. The minimum Gasteiger partial charge on any atom is -0.504 e. The van der Waals surface area contributed by atoms with Crippen LogP contribution in [-0.2, 0) is 0 Å². The summed E-state index contributed by atoms with van der Waals surface area (Å²) in [6.07, 6.45) is 6.44. The summed E-state index contributed by atoms with van der Waals surface area (Å²) in [4.78, 5) is 0. The highest BCUT2D eigenvalue weighted by atomic mass is 16.5. The van der Waals surface area contributed by atoms with Crippen molar-refractivity contribution < 1.29 is 19.7 Å². The number of nitrogens with zero attached hydrogens (tertiary/aromatic N) is 6. The number of phenols is 2. The predicted molar refractivity (Wildman–Crippen MR) is 167 cm³/mol. The van der Waals surface area contributed by atoms with E-state index in [0.29, 0.717) is 22.1 Å². The number of aromatic amines is 2. The number of aromatic hydroxyl groups is 2. The molecular weight excluding hydrogens is 560 g/mol. The van der Waals surface area contributed by atoms with E-state index in [1.54, 1.807) is 36.7 Å². The first-order valence-corrected chi connectivity index (χ1v) is 13.4. The molecule has 6 rings (SSSR count). The SMILES string of the molecule is COc1cc(/C=N/N=c2\[nH]ncc3ccccc23)cc(-c2cc(/C=N/N=c3/[nH]ncc4ccccc34)cc(OC)c2O)c1O. The number of ether oxygens (including phenoxy) is 2. The predicted octanol–water partition coefficient (Wildman–Crippen LogP) is 4.40. The maximum atomic E-state index is 11.1. The lowest BCUT2D eigenvalue weighted by molar-refractivity contribution is 0.371. The molecule has 0 aliphatic rings. The maximum Gasteiger partial charge on any atom is 0.176 e. The Labute approximate surface area is 250 Å². The van der Waals surface area contributed by atoms with E-state index in [2.05, 4.69) is 40.8 Å². The molecule has 2 aromatic heterocycles. The summed E-state index contributed by atoms with van der Waals surface area (Å²) in [5.41, 5.74) is 2.64. The number of H-pyrrole nitrogens is 2. The fraction of sp³-hybridized carbons (Fsp3) is 0.0625. The molecule has 44 heavy (non-hydrogen) atoms. The summed E-state index contributed by atoms with van der Waals surface area (Å²) in [7, 11) is 2.87. The van der Waals surface area contributed by atoms with Crippen molar-refractivity contribution in [3.05, 3.63) is 107 Å². The van der Waals surface area contributed by atoms with Gasteiger partial charge in [-0.25, -0.2) is 0 Å². The van der Waals surface area contributed by atoms with Crippen LogP contribution in [0.25, 0.3) is 32.7 Å². The van der Waals surface area contributed by atoms with Crippen molar-refractivity contribution in [2.24, 2.45) is 20.4 Å². The molecule has 0 spiro atoms. The van der Waals surface area contributed by atoms with Gasteiger partial charge >= 0.3 is 0 Å².